The molecular formula is C23H32O3. The Morgan fingerprint density at radius 2 is 1.88 bits per heavy atom. The molecule has 5 aliphatic rings. The molecule has 0 radical (unpaired) electrons. The summed E-state index contributed by atoms with van der Waals surface area (Å²) in [4.78, 5) is 12.0. The van der Waals surface area contributed by atoms with Gasteiger partial charge in [-0.2, -0.15) is 0 Å². The van der Waals surface area contributed by atoms with Gasteiger partial charge in [0.25, 0.3) is 0 Å². The minimum absolute atomic E-state index is 0.0251. The third kappa shape index (κ3) is 1.88. The van der Waals surface area contributed by atoms with Gasteiger partial charge in [-0.15, -0.1) is 0 Å². The molecule has 1 spiro atoms. The lowest BCUT2D eigenvalue weighted by molar-refractivity contribution is -0.166. The van der Waals surface area contributed by atoms with Crippen molar-refractivity contribution in [2.24, 2.45) is 34.5 Å². The zero-order valence-electron chi connectivity index (χ0n) is 16.4. The van der Waals surface area contributed by atoms with Crippen molar-refractivity contribution >= 4 is 5.97 Å². The summed E-state index contributed by atoms with van der Waals surface area (Å²) < 4.78 is 12.0. The number of hydrogen-bond acceptors (Lipinski definition) is 3. The normalized spacial score (nSPS) is 52.1. The molecule has 1 saturated heterocycles. The van der Waals surface area contributed by atoms with Crippen LogP contribution in [0.5, 0.6) is 0 Å². The molecule has 2 saturated carbocycles. The van der Waals surface area contributed by atoms with Gasteiger partial charge in [-0.05, 0) is 74.7 Å². The number of rotatable bonds is 1. The number of hydrogen-bond donors (Lipinski definition) is 0. The molecule has 26 heavy (non-hydrogen) atoms. The van der Waals surface area contributed by atoms with Crippen molar-refractivity contribution < 1.29 is 14.3 Å². The summed E-state index contributed by atoms with van der Waals surface area (Å²) in [6, 6.07) is 0. The summed E-state index contributed by atoms with van der Waals surface area (Å²) in [6.07, 6.45) is 16.0. The predicted octanol–water partition coefficient (Wildman–Crippen LogP) is 5.02. The Kier molecular flexibility index (Phi) is 3.50. The van der Waals surface area contributed by atoms with E-state index in [1.165, 1.54) is 31.4 Å². The highest BCUT2D eigenvalue weighted by Gasteiger charge is 2.67. The molecule has 0 aromatic rings. The molecule has 1 heterocycles. The minimum Gasteiger partial charge on any atom is -0.501 e. The molecule has 0 N–H and O–H groups in total. The maximum absolute atomic E-state index is 12.0. The molecule has 4 aliphatic carbocycles. The van der Waals surface area contributed by atoms with Crippen LogP contribution in [0, 0.1) is 34.5 Å². The Balaban J connectivity index is 1.53. The van der Waals surface area contributed by atoms with E-state index in [1.807, 2.05) is 7.11 Å². The van der Waals surface area contributed by atoms with E-state index < -0.39 is 0 Å². The number of esters is 1. The van der Waals surface area contributed by atoms with E-state index in [0.717, 1.165) is 19.3 Å². The van der Waals surface area contributed by atoms with Gasteiger partial charge in [0, 0.05) is 17.3 Å². The van der Waals surface area contributed by atoms with Crippen LogP contribution in [0.2, 0.25) is 0 Å². The van der Waals surface area contributed by atoms with Crippen molar-refractivity contribution in [3.8, 4) is 0 Å². The Morgan fingerprint density at radius 1 is 1.08 bits per heavy atom. The van der Waals surface area contributed by atoms with Crippen molar-refractivity contribution in [2.75, 3.05) is 7.11 Å². The van der Waals surface area contributed by atoms with Crippen LogP contribution in [0.25, 0.3) is 0 Å². The van der Waals surface area contributed by atoms with Crippen LogP contribution in [-0.4, -0.2) is 18.7 Å². The van der Waals surface area contributed by atoms with Gasteiger partial charge in [-0.25, -0.2) is 0 Å². The predicted molar refractivity (Wildman–Crippen MR) is 100 cm³/mol. The summed E-state index contributed by atoms with van der Waals surface area (Å²) in [5, 5.41) is 0. The lowest BCUT2D eigenvalue weighted by Crippen LogP contribution is -2.55. The molecule has 7 unspecified atom stereocenters. The van der Waals surface area contributed by atoms with Gasteiger partial charge in [-0.3, -0.25) is 4.79 Å². The van der Waals surface area contributed by atoms with Crippen LogP contribution in [0.3, 0.4) is 0 Å². The second-order valence-electron chi connectivity index (χ2n) is 9.88. The molecule has 7 atom stereocenters. The van der Waals surface area contributed by atoms with Gasteiger partial charge >= 0.3 is 5.97 Å². The van der Waals surface area contributed by atoms with Crippen molar-refractivity contribution in [3.63, 3.8) is 0 Å². The lowest BCUT2D eigenvalue weighted by Gasteiger charge is -2.58. The van der Waals surface area contributed by atoms with E-state index in [9.17, 15) is 4.79 Å². The minimum atomic E-state index is -0.183. The average molecular weight is 357 g/mol. The number of fused-ring (bicyclic) bond motifs is 6. The van der Waals surface area contributed by atoms with E-state index in [2.05, 4.69) is 32.1 Å². The lowest BCUT2D eigenvalue weighted by atomic mass is 9.47. The zero-order chi connectivity index (χ0) is 18.2. The van der Waals surface area contributed by atoms with Gasteiger partial charge in [0.1, 0.15) is 5.60 Å². The zero-order valence-corrected chi connectivity index (χ0v) is 16.4. The smallest absolute Gasteiger partial charge is 0.306 e. The standard InChI is InChI=1S/C23H32O3/c1-21-12-9-18-16(17(21)10-13-23(21)14-11-20(24)26-23)8-7-15-5-4-6-19(25-3)22(15,18)2/h6-8,15-18H,4-5,9-14H2,1-3H3. The summed E-state index contributed by atoms with van der Waals surface area (Å²) >= 11 is 0. The highest BCUT2D eigenvalue weighted by atomic mass is 16.6. The topological polar surface area (TPSA) is 35.5 Å². The molecule has 0 aromatic carbocycles. The monoisotopic (exact) mass is 356 g/mol. The van der Waals surface area contributed by atoms with Crippen molar-refractivity contribution in [3.05, 3.63) is 24.0 Å². The summed E-state index contributed by atoms with van der Waals surface area (Å²) in [6.45, 7) is 4.88. The fraction of sp³-hybridized carbons (Fsp3) is 0.783. The first-order valence-electron chi connectivity index (χ1n) is 10.6. The molecule has 1 aliphatic heterocycles. The van der Waals surface area contributed by atoms with Crippen molar-refractivity contribution in [1.29, 1.82) is 0 Å². The largest absolute Gasteiger partial charge is 0.501 e. The third-order valence-electron chi connectivity index (χ3n) is 9.33. The molecule has 0 amide bonds. The maximum atomic E-state index is 12.0. The van der Waals surface area contributed by atoms with E-state index >= 15 is 0 Å². The summed E-state index contributed by atoms with van der Waals surface area (Å²) in [5.41, 5.74) is 0.0904. The Bertz CT molecular complexity index is 694. The Hall–Kier alpha value is -1.25. The number of methoxy groups -OCH3 is 1. The maximum Gasteiger partial charge on any atom is 0.306 e. The van der Waals surface area contributed by atoms with Crippen LogP contribution in [0.4, 0.5) is 0 Å². The van der Waals surface area contributed by atoms with E-state index in [1.54, 1.807) is 0 Å². The van der Waals surface area contributed by atoms with Crippen molar-refractivity contribution in [2.45, 2.75) is 70.8 Å². The molecule has 3 fully saturated rings. The fourth-order valence-electron chi connectivity index (χ4n) is 7.88. The highest BCUT2D eigenvalue weighted by molar-refractivity contribution is 5.72. The van der Waals surface area contributed by atoms with E-state index in [4.69, 9.17) is 9.47 Å². The molecule has 142 valence electrons. The molecule has 0 bridgehead atoms. The van der Waals surface area contributed by atoms with Crippen LogP contribution < -0.4 is 0 Å². The molecule has 5 rings (SSSR count). The Labute approximate surface area is 157 Å². The summed E-state index contributed by atoms with van der Waals surface area (Å²) in [5.74, 6) is 3.71. The number of carbonyl (C=O) groups is 1. The second-order valence-corrected chi connectivity index (χ2v) is 9.88. The first kappa shape index (κ1) is 16.9. The van der Waals surface area contributed by atoms with E-state index in [0.29, 0.717) is 30.1 Å². The number of allylic oxidation sites excluding steroid dienone is 4. The SMILES string of the molecule is COC1=CCCC2C=CC3C(CCC4(C)C3CCC43CCC(=O)O3)C12C. The molecule has 3 heteroatoms. The molecule has 0 aromatic heterocycles. The van der Waals surface area contributed by atoms with Crippen LogP contribution in [0.1, 0.15) is 65.2 Å². The first-order chi connectivity index (χ1) is 12.4. The number of carbonyl (C=O) groups excluding carboxylic acids is 1. The highest BCUT2D eigenvalue weighted by Crippen LogP contribution is 2.69. The quantitative estimate of drug-likeness (QED) is 0.489. The second kappa shape index (κ2) is 5.39. The van der Waals surface area contributed by atoms with Gasteiger partial charge < -0.3 is 9.47 Å². The number of ether oxygens (including phenoxy) is 2. The van der Waals surface area contributed by atoms with Gasteiger partial charge in [0.2, 0.25) is 0 Å². The third-order valence-corrected chi connectivity index (χ3v) is 9.33. The molecule has 3 nitrogen and oxygen atoms in total. The van der Waals surface area contributed by atoms with Crippen molar-refractivity contribution in [1.82, 2.24) is 0 Å². The van der Waals surface area contributed by atoms with Gasteiger partial charge in [-0.1, -0.05) is 26.0 Å². The van der Waals surface area contributed by atoms with Crippen LogP contribution in [0.15, 0.2) is 24.0 Å². The van der Waals surface area contributed by atoms with Crippen LogP contribution in [-0.2, 0) is 14.3 Å². The Morgan fingerprint density at radius 3 is 2.62 bits per heavy atom. The van der Waals surface area contributed by atoms with Gasteiger partial charge in [0.05, 0.1) is 12.9 Å². The van der Waals surface area contributed by atoms with E-state index in [-0.39, 0.29) is 22.4 Å². The first-order valence-corrected chi connectivity index (χ1v) is 10.6. The fourth-order valence-corrected chi connectivity index (χ4v) is 7.88. The molecular weight excluding hydrogens is 324 g/mol. The van der Waals surface area contributed by atoms with Crippen LogP contribution >= 0.6 is 0 Å². The summed E-state index contributed by atoms with van der Waals surface area (Å²) in [7, 11) is 1.85. The van der Waals surface area contributed by atoms with Gasteiger partial charge in [0.15, 0.2) is 0 Å². The average Bonchev–Trinajstić information content (AvgIpc) is 3.15.